The highest BCUT2D eigenvalue weighted by molar-refractivity contribution is 14.0. The fraction of sp³-hybridized carbons (Fsp3) is 0.562. The number of halogens is 3. The Kier molecular flexibility index (Phi) is 9.19. The van der Waals surface area contributed by atoms with E-state index in [0.717, 1.165) is 37.3 Å². The Morgan fingerprint density at radius 3 is 2.65 bits per heavy atom. The van der Waals surface area contributed by atoms with Crippen molar-refractivity contribution in [2.24, 2.45) is 4.99 Å². The van der Waals surface area contributed by atoms with E-state index >= 15 is 0 Å². The Labute approximate surface area is 158 Å². The molecule has 23 heavy (non-hydrogen) atoms. The molecule has 1 aromatic carbocycles. The molecule has 1 fully saturated rings. The predicted molar refractivity (Wildman–Crippen MR) is 105 cm³/mol. The predicted octanol–water partition coefficient (Wildman–Crippen LogP) is 3.53. The molecule has 1 heterocycles. The molecule has 0 radical (unpaired) electrons. The molecule has 3 nitrogen and oxygen atoms in total. The van der Waals surface area contributed by atoms with Gasteiger partial charge in [-0.3, -0.25) is 4.99 Å². The SMILES string of the molecule is CCC1CN(C(=NC)NCCc2cc(F)cc(F)c2)CCS1.I. The molecule has 1 aromatic rings. The van der Waals surface area contributed by atoms with E-state index < -0.39 is 11.6 Å². The maximum Gasteiger partial charge on any atom is 0.193 e. The van der Waals surface area contributed by atoms with Gasteiger partial charge in [-0.2, -0.15) is 11.8 Å². The van der Waals surface area contributed by atoms with Gasteiger partial charge in [-0.1, -0.05) is 6.92 Å². The van der Waals surface area contributed by atoms with Crippen LogP contribution in [-0.4, -0.2) is 48.5 Å². The van der Waals surface area contributed by atoms with Gasteiger partial charge in [-0.15, -0.1) is 24.0 Å². The number of guanidine groups is 1. The summed E-state index contributed by atoms with van der Waals surface area (Å²) in [5.41, 5.74) is 0.654. The van der Waals surface area contributed by atoms with Gasteiger partial charge in [0.15, 0.2) is 5.96 Å². The fourth-order valence-corrected chi connectivity index (χ4v) is 3.75. The summed E-state index contributed by atoms with van der Waals surface area (Å²) in [6, 6.07) is 3.64. The van der Waals surface area contributed by atoms with Crippen LogP contribution in [-0.2, 0) is 6.42 Å². The topological polar surface area (TPSA) is 27.6 Å². The molecule has 0 aromatic heterocycles. The average Bonchev–Trinajstić information content (AvgIpc) is 2.50. The molecule has 0 amide bonds. The maximum atomic E-state index is 13.2. The van der Waals surface area contributed by atoms with E-state index in [-0.39, 0.29) is 24.0 Å². The molecule has 0 bridgehead atoms. The summed E-state index contributed by atoms with van der Waals surface area (Å²) in [4.78, 5) is 6.58. The number of nitrogens with zero attached hydrogens (tertiary/aromatic N) is 2. The summed E-state index contributed by atoms with van der Waals surface area (Å²) >= 11 is 2.01. The molecule has 0 saturated carbocycles. The third kappa shape index (κ3) is 6.45. The summed E-state index contributed by atoms with van der Waals surface area (Å²) in [5.74, 6) is 0.918. The lowest BCUT2D eigenvalue weighted by Crippen LogP contribution is -2.48. The zero-order valence-electron chi connectivity index (χ0n) is 13.5. The summed E-state index contributed by atoms with van der Waals surface area (Å²) in [5, 5.41) is 3.94. The lowest BCUT2D eigenvalue weighted by Gasteiger charge is -2.34. The van der Waals surface area contributed by atoms with Gasteiger partial charge < -0.3 is 10.2 Å². The minimum Gasteiger partial charge on any atom is -0.356 e. The normalized spacial score (nSPS) is 18.5. The molecule has 1 aliphatic heterocycles. The second kappa shape index (κ2) is 10.3. The average molecular weight is 455 g/mol. The largest absolute Gasteiger partial charge is 0.356 e. The molecule has 1 unspecified atom stereocenters. The highest BCUT2D eigenvalue weighted by Gasteiger charge is 2.21. The molecule has 0 spiro atoms. The van der Waals surface area contributed by atoms with Crippen LogP contribution in [0.5, 0.6) is 0 Å². The molecule has 7 heteroatoms. The van der Waals surface area contributed by atoms with Crippen LogP contribution >= 0.6 is 35.7 Å². The molecule has 1 aliphatic rings. The van der Waals surface area contributed by atoms with Crippen molar-refractivity contribution < 1.29 is 8.78 Å². The van der Waals surface area contributed by atoms with Crippen LogP contribution in [0.2, 0.25) is 0 Å². The van der Waals surface area contributed by atoms with Gasteiger partial charge in [0.1, 0.15) is 11.6 Å². The lowest BCUT2D eigenvalue weighted by molar-refractivity contribution is 0.408. The summed E-state index contributed by atoms with van der Waals surface area (Å²) in [6.07, 6.45) is 1.72. The summed E-state index contributed by atoms with van der Waals surface area (Å²) in [7, 11) is 1.77. The van der Waals surface area contributed by atoms with Crippen molar-refractivity contribution in [3.8, 4) is 0 Å². The molecule has 0 aliphatic carbocycles. The highest BCUT2D eigenvalue weighted by Crippen LogP contribution is 2.21. The van der Waals surface area contributed by atoms with E-state index in [1.165, 1.54) is 12.1 Å². The first-order valence-corrected chi connectivity index (χ1v) is 8.69. The smallest absolute Gasteiger partial charge is 0.193 e. The van der Waals surface area contributed by atoms with Crippen LogP contribution < -0.4 is 5.32 Å². The number of aliphatic imine (C=N–C) groups is 1. The first kappa shape index (κ1) is 20.5. The summed E-state index contributed by atoms with van der Waals surface area (Å²) < 4.78 is 26.3. The zero-order chi connectivity index (χ0) is 15.9. The minimum absolute atomic E-state index is 0. The van der Waals surface area contributed by atoms with Crippen molar-refractivity contribution in [1.82, 2.24) is 10.2 Å². The number of thioether (sulfide) groups is 1. The Morgan fingerprint density at radius 2 is 2.04 bits per heavy atom. The summed E-state index contributed by atoms with van der Waals surface area (Å²) in [6.45, 7) is 4.79. The quantitative estimate of drug-likeness (QED) is 0.428. The number of rotatable bonds is 4. The molecular formula is C16H24F2IN3S. The van der Waals surface area contributed by atoms with Gasteiger partial charge >= 0.3 is 0 Å². The standard InChI is InChI=1S/C16H23F2N3S.HI/c1-3-15-11-21(6-7-22-15)16(19-2)20-5-4-12-8-13(17)10-14(18)9-12;/h8-10,15H,3-7,11H2,1-2H3,(H,19,20);1H. The van der Waals surface area contributed by atoms with Crippen LogP contribution in [0, 0.1) is 11.6 Å². The monoisotopic (exact) mass is 455 g/mol. The van der Waals surface area contributed by atoms with Crippen LogP contribution in [0.25, 0.3) is 0 Å². The third-order valence-corrected chi connectivity index (χ3v) is 5.10. The molecule has 1 atom stereocenters. The van der Waals surface area contributed by atoms with Crippen molar-refractivity contribution in [2.75, 3.05) is 32.4 Å². The van der Waals surface area contributed by atoms with Gasteiger partial charge in [0, 0.05) is 43.8 Å². The molecule has 1 N–H and O–H groups in total. The number of nitrogens with one attached hydrogen (secondary N) is 1. The molecular weight excluding hydrogens is 431 g/mol. The molecule has 1 saturated heterocycles. The van der Waals surface area contributed by atoms with Crippen LogP contribution in [0.3, 0.4) is 0 Å². The second-order valence-corrected chi connectivity index (χ2v) is 6.76. The number of benzene rings is 1. The lowest BCUT2D eigenvalue weighted by atomic mass is 10.1. The van der Waals surface area contributed by atoms with Gasteiger partial charge in [-0.25, -0.2) is 8.78 Å². The zero-order valence-corrected chi connectivity index (χ0v) is 16.7. The second-order valence-electron chi connectivity index (χ2n) is 5.35. The minimum atomic E-state index is -0.529. The maximum absolute atomic E-state index is 13.2. The highest BCUT2D eigenvalue weighted by atomic mass is 127. The molecule has 130 valence electrons. The van der Waals surface area contributed by atoms with Crippen molar-refractivity contribution in [1.29, 1.82) is 0 Å². The first-order valence-electron chi connectivity index (χ1n) is 7.64. The Balaban J connectivity index is 0.00000264. The van der Waals surface area contributed by atoms with Gasteiger partial charge in [0.25, 0.3) is 0 Å². The van der Waals surface area contributed by atoms with E-state index in [1.54, 1.807) is 7.05 Å². The Morgan fingerprint density at radius 1 is 1.35 bits per heavy atom. The van der Waals surface area contributed by atoms with E-state index in [1.807, 2.05) is 11.8 Å². The third-order valence-electron chi connectivity index (χ3n) is 3.72. The van der Waals surface area contributed by atoms with Crippen molar-refractivity contribution in [2.45, 2.75) is 25.0 Å². The van der Waals surface area contributed by atoms with Crippen molar-refractivity contribution in [3.05, 3.63) is 35.4 Å². The number of hydrogen-bond donors (Lipinski definition) is 1. The number of hydrogen-bond acceptors (Lipinski definition) is 2. The van der Waals surface area contributed by atoms with Gasteiger partial charge in [-0.05, 0) is 30.5 Å². The van der Waals surface area contributed by atoms with E-state index in [9.17, 15) is 8.78 Å². The fourth-order valence-electron chi connectivity index (χ4n) is 2.56. The van der Waals surface area contributed by atoms with E-state index in [2.05, 4.69) is 22.1 Å². The van der Waals surface area contributed by atoms with Crippen LogP contribution in [0.1, 0.15) is 18.9 Å². The van der Waals surface area contributed by atoms with Crippen LogP contribution in [0.15, 0.2) is 23.2 Å². The first-order chi connectivity index (χ1) is 10.6. The Hall–Kier alpha value is -0.570. The van der Waals surface area contributed by atoms with E-state index in [4.69, 9.17) is 0 Å². The van der Waals surface area contributed by atoms with Crippen molar-refractivity contribution in [3.63, 3.8) is 0 Å². The van der Waals surface area contributed by atoms with Crippen molar-refractivity contribution >= 4 is 41.7 Å². The van der Waals surface area contributed by atoms with Gasteiger partial charge in [0.05, 0.1) is 0 Å². The van der Waals surface area contributed by atoms with E-state index in [0.29, 0.717) is 23.8 Å². The Bertz CT molecular complexity index is 508. The van der Waals surface area contributed by atoms with Gasteiger partial charge in [0.2, 0.25) is 0 Å². The van der Waals surface area contributed by atoms with Crippen LogP contribution in [0.4, 0.5) is 8.78 Å². The molecule has 2 rings (SSSR count).